The van der Waals surface area contributed by atoms with Crippen molar-refractivity contribution in [1.82, 2.24) is 5.32 Å². The SMILES string of the molecule is O=C(CC1CCNCC1)OCCc1cc([N+](=O)[O-])cc([N+](=O)[O-])c1. The summed E-state index contributed by atoms with van der Waals surface area (Å²) in [5.74, 6) is 0.0134. The smallest absolute Gasteiger partial charge is 0.306 e. The van der Waals surface area contributed by atoms with Crippen LogP contribution in [0.3, 0.4) is 0 Å². The third-order valence-corrected chi connectivity index (χ3v) is 3.95. The summed E-state index contributed by atoms with van der Waals surface area (Å²) in [6.07, 6.45) is 2.43. The minimum atomic E-state index is -0.681. The Morgan fingerprint density at radius 3 is 2.25 bits per heavy atom. The molecular weight excluding hydrogens is 318 g/mol. The van der Waals surface area contributed by atoms with Gasteiger partial charge in [0, 0.05) is 25.0 Å². The second-order valence-corrected chi connectivity index (χ2v) is 5.74. The molecule has 1 N–H and O–H groups in total. The predicted octanol–water partition coefficient (Wildman–Crippen LogP) is 1.98. The Balaban J connectivity index is 1.87. The number of carbonyl (C=O) groups excluding carboxylic acids is 1. The number of nitrogens with one attached hydrogen (secondary N) is 1. The van der Waals surface area contributed by atoms with Crippen molar-refractivity contribution in [1.29, 1.82) is 0 Å². The summed E-state index contributed by atoms with van der Waals surface area (Å²) in [7, 11) is 0. The molecule has 0 amide bonds. The van der Waals surface area contributed by atoms with E-state index in [-0.39, 0.29) is 30.4 Å². The van der Waals surface area contributed by atoms with E-state index in [4.69, 9.17) is 4.74 Å². The number of non-ortho nitro benzene ring substituents is 2. The van der Waals surface area contributed by atoms with E-state index in [0.29, 0.717) is 17.9 Å². The zero-order valence-electron chi connectivity index (χ0n) is 13.1. The number of piperidine rings is 1. The van der Waals surface area contributed by atoms with Crippen molar-refractivity contribution < 1.29 is 19.4 Å². The lowest BCUT2D eigenvalue weighted by atomic mass is 9.95. The molecule has 1 fully saturated rings. The van der Waals surface area contributed by atoms with Crippen molar-refractivity contribution in [3.8, 4) is 0 Å². The molecule has 0 saturated carbocycles. The van der Waals surface area contributed by atoms with E-state index < -0.39 is 9.85 Å². The summed E-state index contributed by atoms with van der Waals surface area (Å²) in [4.78, 5) is 32.1. The van der Waals surface area contributed by atoms with Gasteiger partial charge in [0.2, 0.25) is 0 Å². The second-order valence-electron chi connectivity index (χ2n) is 5.74. The number of esters is 1. The fourth-order valence-corrected chi connectivity index (χ4v) is 2.67. The lowest BCUT2D eigenvalue weighted by molar-refractivity contribution is -0.394. The van der Waals surface area contributed by atoms with Crippen molar-refractivity contribution in [3.63, 3.8) is 0 Å². The summed E-state index contributed by atoms with van der Waals surface area (Å²) in [5.41, 5.74) is -0.300. The first-order chi connectivity index (χ1) is 11.5. The molecule has 0 radical (unpaired) electrons. The number of nitrogens with zero attached hydrogens (tertiary/aromatic N) is 2. The van der Waals surface area contributed by atoms with Gasteiger partial charge in [0.15, 0.2) is 0 Å². The highest BCUT2D eigenvalue weighted by Gasteiger charge is 2.19. The Hall–Kier alpha value is -2.55. The molecule has 1 aromatic rings. The molecule has 2 rings (SSSR count). The van der Waals surface area contributed by atoms with Gasteiger partial charge in [0.05, 0.1) is 22.5 Å². The minimum absolute atomic E-state index is 0.0438. The maximum atomic E-state index is 11.8. The Morgan fingerprint density at radius 2 is 1.71 bits per heavy atom. The van der Waals surface area contributed by atoms with E-state index in [1.807, 2.05) is 0 Å². The lowest BCUT2D eigenvalue weighted by Crippen LogP contribution is -2.29. The molecular formula is C15H19N3O6. The zero-order chi connectivity index (χ0) is 17.5. The topological polar surface area (TPSA) is 125 Å². The molecule has 1 aromatic carbocycles. The molecule has 130 valence electrons. The fourth-order valence-electron chi connectivity index (χ4n) is 2.67. The Labute approximate surface area is 138 Å². The van der Waals surface area contributed by atoms with Gasteiger partial charge in [0.25, 0.3) is 11.4 Å². The van der Waals surface area contributed by atoms with Crippen molar-refractivity contribution in [2.45, 2.75) is 25.7 Å². The maximum Gasteiger partial charge on any atom is 0.306 e. The summed E-state index contributed by atoms with van der Waals surface area (Å²) in [6, 6.07) is 3.42. The fraction of sp³-hybridized carbons (Fsp3) is 0.533. The van der Waals surface area contributed by atoms with Crippen LogP contribution in [0.4, 0.5) is 11.4 Å². The highest BCUT2D eigenvalue weighted by atomic mass is 16.6. The second kappa shape index (κ2) is 8.34. The molecule has 0 unspecified atom stereocenters. The van der Waals surface area contributed by atoms with Crippen LogP contribution in [-0.2, 0) is 16.0 Å². The van der Waals surface area contributed by atoms with E-state index in [1.165, 1.54) is 12.1 Å². The average Bonchev–Trinajstić information content (AvgIpc) is 2.55. The third kappa shape index (κ3) is 5.27. The number of hydrogen-bond acceptors (Lipinski definition) is 7. The van der Waals surface area contributed by atoms with Gasteiger partial charge in [-0.3, -0.25) is 25.0 Å². The van der Waals surface area contributed by atoms with Crippen LogP contribution in [-0.4, -0.2) is 35.5 Å². The van der Waals surface area contributed by atoms with E-state index in [1.54, 1.807) is 0 Å². The molecule has 24 heavy (non-hydrogen) atoms. The van der Waals surface area contributed by atoms with Crippen LogP contribution >= 0.6 is 0 Å². The number of ether oxygens (including phenoxy) is 1. The van der Waals surface area contributed by atoms with Crippen molar-refractivity contribution in [3.05, 3.63) is 44.0 Å². The van der Waals surface area contributed by atoms with Crippen molar-refractivity contribution in [2.24, 2.45) is 5.92 Å². The molecule has 1 heterocycles. The molecule has 9 heteroatoms. The molecule has 0 spiro atoms. The van der Waals surface area contributed by atoms with Gasteiger partial charge in [-0.1, -0.05) is 0 Å². The third-order valence-electron chi connectivity index (χ3n) is 3.95. The molecule has 1 aliphatic heterocycles. The van der Waals surface area contributed by atoms with Gasteiger partial charge in [-0.05, 0) is 37.4 Å². The van der Waals surface area contributed by atoms with Gasteiger partial charge in [0.1, 0.15) is 0 Å². The molecule has 1 aliphatic rings. The van der Waals surface area contributed by atoms with Crippen LogP contribution in [0.1, 0.15) is 24.8 Å². The van der Waals surface area contributed by atoms with Crippen molar-refractivity contribution >= 4 is 17.3 Å². The lowest BCUT2D eigenvalue weighted by Gasteiger charge is -2.21. The first-order valence-electron chi connectivity index (χ1n) is 7.75. The van der Waals surface area contributed by atoms with Crippen LogP contribution in [0.5, 0.6) is 0 Å². The Kier molecular flexibility index (Phi) is 6.19. The summed E-state index contributed by atoms with van der Waals surface area (Å²) >= 11 is 0. The highest BCUT2D eigenvalue weighted by Crippen LogP contribution is 2.23. The van der Waals surface area contributed by atoms with Crippen LogP contribution in [0, 0.1) is 26.1 Å². The first kappa shape index (κ1) is 17.8. The first-order valence-corrected chi connectivity index (χ1v) is 7.75. The molecule has 9 nitrogen and oxygen atoms in total. The Bertz CT molecular complexity index is 595. The number of benzene rings is 1. The van der Waals surface area contributed by atoms with E-state index >= 15 is 0 Å². The number of carbonyl (C=O) groups is 1. The van der Waals surface area contributed by atoms with Gasteiger partial charge in [-0.15, -0.1) is 0 Å². The number of hydrogen-bond donors (Lipinski definition) is 1. The number of rotatable bonds is 7. The predicted molar refractivity (Wildman–Crippen MR) is 84.6 cm³/mol. The average molecular weight is 337 g/mol. The normalized spacial score (nSPS) is 15.0. The molecule has 0 aromatic heterocycles. The van der Waals surface area contributed by atoms with E-state index in [9.17, 15) is 25.0 Å². The molecule has 0 aliphatic carbocycles. The minimum Gasteiger partial charge on any atom is -0.465 e. The quantitative estimate of drug-likeness (QED) is 0.458. The van der Waals surface area contributed by atoms with Gasteiger partial charge < -0.3 is 10.1 Å². The summed E-state index contributed by atoms with van der Waals surface area (Å²) in [5, 5.41) is 24.9. The summed E-state index contributed by atoms with van der Waals surface area (Å²) in [6.45, 7) is 1.84. The Morgan fingerprint density at radius 1 is 1.12 bits per heavy atom. The molecule has 0 bridgehead atoms. The van der Waals surface area contributed by atoms with Crippen molar-refractivity contribution in [2.75, 3.05) is 19.7 Å². The van der Waals surface area contributed by atoms with E-state index in [0.717, 1.165) is 32.0 Å². The van der Waals surface area contributed by atoms with Crippen LogP contribution in [0.2, 0.25) is 0 Å². The van der Waals surface area contributed by atoms with Crippen LogP contribution < -0.4 is 5.32 Å². The summed E-state index contributed by atoms with van der Waals surface area (Å²) < 4.78 is 5.15. The maximum absolute atomic E-state index is 11.8. The standard InChI is InChI=1S/C15H19N3O6/c19-15(9-11-1-4-16-5-2-11)24-6-3-12-7-13(17(20)21)10-14(8-12)18(22)23/h7-8,10-11,16H,1-6,9H2. The molecule has 0 atom stereocenters. The highest BCUT2D eigenvalue weighted by molar-refractivity contribution is 5.69. The largest absolute Gasteiger partial charge is 0.465 e. The van der Waals surface area contributed by atoms with Crippen LogP contribution in [0.15, 0.2) is 18.2 Å². The van der Waals surface area contributed by atoms with E-state index in [2.05, 4.69) is 5.32 Å². The number of nitro benzene ring substituents is 2. The van der Waals surface area contributed by atoms with Gasteiger partial charge in [-0.2, -0.15) is 0 Å². The van der Waals surface area contributed by atoms with Gasteiger partial charge >= 0.3 is 5.97 Å². The number of nitro groups is 2. The van der Waals surface area contributed by atoms with Crippen LogP contribution in [0.25, 0.3) is 0 Å². The zero-order valence-corrected chi connectivity index (χ0v) is 13.1. The molecule has 1 saturated heterocycles. The monoisotopic (exact) mass is 337 g/mol. The van der Waals surface area contributed by atoms with Gasteiger partial charge in [-0.25, -0.2) is 0 Å².